The lowest BCUT2D eigenvalue weighted by atomic mass is 10.2. The zero-order chi connectivity index (χ0) is 23.4. The number of piperazine rings is 1. The average molecular weight is 483 g/mol. The van der Waals surface area contributed by atoms with Gasteiger partial charge in [-0.05, 0) is 50.3 Å². The van der Waals surface area contributed by atoms with Crippen LogP contribution in [0.2, 0.25) is 0 Å². The third-order valence-electron chi connectivity index (χ3n) is 6.06. The molecule has 2 aromatic rings. The minimum absolute atomic E-state index is 0.0237. The van der Waals surface area contributed by atoms with Crippen LogP contribution in [0.4, 0.5) is 14.5 Å². The Bertz CT molecular complexity index is 1130. The van der Waals surface area contributed by atoms with E-state index in [1.165, 1.54) is 28.7 Å². The van der Waals surface area contributed by atoms with Gasteiger partial charge in [-0.1, -0.05) is 6.07 Å². The van der Waals surface area contributed by atoms with Gasteiger partial charge >= 0.3 is 5.56 Å². The Hall–Kier alpha value is -2.53. The Kier molecular flexibility index (Phi) is 7.28. The Labute approximate surface area is 191 Å². The van der Waals surface area contributed by atoms with Crippen LogP contribution in [0.3, 0.4) is 0 Å². The molecular formula is C22H28F2N4O4S. The van der Waals surface area contributed by atoms with Crippen LogP contribution >= 0.6 is 0 Å². The van der Waals surface area contributed by atoms with Crippen LogP contribution in [0.25, 0.3) is 5.69 Å². The number of anilines is 1. The molecule has 0 N–H and O–H groups in total. The van der Waals surface area contributed by atoms with Gasteiger partial charge in [-0.25, -0.2) is 12.8 Å². The maximum Gasteiger partial charge on any atom is 0.316 e. The van der Waals surface area contributed by atoms with Crippen LogP contribution < -0.4 is 15.2 Å². The molecule has 2 fully saturated rings. The van der Waals surface area contributed by atoms with E-state index in [0.29, 0.717) is 24.5 Å². The second-order valence-electron chi connectivity index (χ2n) is 8.32. The largest absolute Gasteiger partial charge is 0.483 e. The average Bonchev–Trinajstić information content (AvgIpc) is 3.32. The molecular weight excluding hydrogens is 454 g/mol. The van der Waals surface area contributed by atoms with Gasteiger partial charge in [-0.3, -0.25) is 9.18 Å². The lowest BCUT2D eigenvalue weighted by molar-refractivity contribution is 0.205. The molecule has 180 valence electrons. The summed E-state index contributed by atoms with van der Waals surface area (Å²) < 4.78 is 59.6. The van der Waals surface area contributed by atoms with E-state index in [0.717, 1.165) is 30.4 Å². The van der Waals surface area contributed by atoms with Crippen molar-refractivity contribution in [2.75, 3.05) is 43.5 Å². The molecule has 0 unspecified atom stereocenters. The van der Waals surface area contributed by atoms with E-state index in [1.807, 2.05) is 4.90 Å². The van der Waals surface area contributed by atoms with E-state index in [9.17, 15) is 22.0 Å². The molecule has 0 radical (unpaired) electrons. The highest BCUT2D eigenvalue weighted by molar-refractivity contribution is 7.89. The summed E-state index contributed by atoms with van der Waals surface area (Å²) in [5.41, 5.74) is 0.315. The predicted octanol–water partition coefficient (Wildman–Crippen LogP) is 2.50. The fourth-order valence-corrected chi connectivity index (χ4v) is 5.75. The van der Waals surface area contributed by atoms with Crippen LogP contribution in [0.15, 0.2) is 35.3 Å². The monoisotopic (exact) mass is 482 g/mol. The number of benzene rings is 1. The van der Waals surface area contributed by atoms with Gasteiger partial charge in [0, 0.05) is 26.2 Å². The summed E-state index contributed by atoms with van der Waals surface area (Å²) in [4.78, 5) is 15.2. The van der Waals surface area contributed by atoms with Gasteiger partial charge in [-0.15, -0.1) is 0 Å². The fourth-order valence-electron chi connectivity index (χ4n) is 4.30. The highest BCUT2D eigenvalue weighted by atomic mass is 32.2. The molecule has 0 bridgehead atoms. The first-order chi connectivity index (χ1) is 15.9. The number of ether oxygens (including phenoxy) is 1. The molecule has 11 heteroatoms. The summed E-state index contributed by atoms with van der Waals surface area (Å²) in [5.74, 6) is -0.548. The van der Waals surface area contributed by atoms with Crippen molar-refractivity contribution in [2.24, 2.45) is 0 Å². The van der Waals surface area contributed by atoms with Crippen molar-refractivity contribution >= 4 is 15.7 Å². The van der Waals surface area contributed by atoms with Crippen molar-refractivity contribution in [3.05, 3.63) is 46.6 Å². The number of hydrogen-bond donors (Lipinski definition) is 0. The Balaban J connectivity index is 1.61. The number of rotatable bonds is 8. The first kappa shape index (κ1) is 23.6. The van der Waals surface area contributed by atoms with Gasteiger partial charge in [0.2, 0.25) is 15.8 Å². The van der Waals surface area contributed by atoms with Gasteiger partial charge < -0.3 is 9.64 Å². The Morgan fingerprint density at radius 3 is 2.52 bits per heavy atom. The van der Waals surface area contributed by atoms with Gasteiger partial charge in [0.25, 0.3) is 0 Å². The van der Waals surface area contributed by atoms with Crippen molar-refractivity contribution in [3.8, 4) is 11.4 Å². The van der Waals surface area contributed by atoms with Gasteiger partial charge in [-0.2, -0.15) is 14.1 Å². The highest BCUT2D eigenvalue weighted by Crippen LogP contribution is 2.30. The molecule has 1 aliphatic carbocycles. The lowest BCUT2D eigenvalue weighted by Crippen LogP contribution is -2.49. The van der Waals surface area contributed by atoms with Gasteiger partial charge in [0.15, 0.2) is 0 Å². The van der Waals surface area contributed by atoms with Crippen LogP contribution in [-0.2, 0) is 10.0 Å². The topological polar surface area (TPSA) is 84.7 Å². The molecule has 0 amide bonds. The number of halogens is 2. The van der Waals surface area contributed by atoms with E-state index in [-0.39, 0.29) is 37.1 Å². The first-order valence-electron chi connectivity index (χ1n) is 11.2. The zero-order valence-corrected chi connectivity index (χ0v) is 19.1. The molecule has 33 heavy (non-hydrogen) atoms. The number of aromatic nitrogens is 2. The molecule has 1 saturated heterocycles. The number of nitrogens with zero attached hydrogens (tertiary/aromatic N) is 4. The van der Waals surface area contributed by atoms with Crippen molar-refractivity contribution in [1.82, 2.24) is 14.1 Å². The predicted molar refractivity (Wildman–Crippen MR) is 121 cm³/mol. The molecule has 1 aliphatic heterocycles. The van der Waals surface area contributed by atoms with Gasteiger partial charge in [0.05, 0.1) is 30.4 Å². The summed E-state index contributed by atoms with van der Waals surface area (Å²) in [5, 5.41) is 4.25. The van der Waals surface area contributed by atoms with Crippen molar-refractivity contribution in [3.63, 3.8) is 0 Å². The van der Waals surface area contributed by atoms with Gasteiger partial charge in [0.1, 0.15) is 11.5 Å². The SMILES string of the molecule is O=c1c(OC2CCCC2)c(N2CCN(S(=O)(=O)CCCF)CC2)cnn1-c1cccc(F)c1. The number of alkyl halides is 1. The quantitative estimate of drug-likeness (QED) is 0.575. The molecule has 4 rings (SSSR count). The number of hydrogen-bond acceptors (Lipinski definition) is 6. The van der Waals surface area contributed by atoms with Crippen molar-refractivity contribution < 1.29 is 21.9 Å². The molecule has 2 aliphatic rings. The third-order valence-corrected chi connectivity index (χ3v) is 8.02. The minimum atomic E-state index is -3.52. The highest BCUT2D eigenvalue weighted by Gasteiger charge is 2.30. The minimum Gasteiger partial charge on any atom is -0.483 e. The molecule has 1 aromatic heterocycles. The second-order valence-corrected chi connectivity index (χ2v) is 10.4. The molecule has 2 heterocycles. The maximum absolute atomic E-state index is 13.7. The van der Waals surface area contributed by atoms with Crippen LogP contribution in [0, 0.1) is 5.82 Å². The van der Waals surface area contributed by atoms with Crippen LogP contribution in [-0.4, -0.2) is 67.2 Å². The second kappa shape index (κ2) is 10.2. The van der Waals surface area contributed by atoms with Crippen molar-refractivity contribution in [1.29, 1.82) is 0 Å². The molecule has 8 nitrogen and oxygen atoms in total. The summed E-state index contributed by atoms with van der Waals surface area (Å²) in [7, 11) is -3.52. The zero-order valence-electron chi connectivity index (χ0n) is 18.3. The third kappa shape index (κ3) is 5.35. The summed E-state index contributed by atoms with van der Waals surface area (Å²) in [6, 6.07) is 5.62. The van der Waals surface area contributed by atoms with E-state index in [1.54, 1.807) is 6.07 Å². The Morgan fingerprint density at radius 1 is 1.12 bits per heavy atom. The van der Waals surface area contributed by atoms with E-state index in [4.69, 9.17) is 4.74 Å². The summed E-state index contributed by atoms with van der Waals surface area (Å²) in [6.07, 6.45) is 5.16. The standard InChI is InChI=1S/C22H28F2N4O4S/c23-9-4-14-33(30,31)27-12-10-26(11-13-27)20-16-25-28(18-6-3-5-17(24)15-18)22(29)21(20)32-19-7-1-2-8-19/h3,5-6,15-16,19H,1-2,4,7-14H2. The first-order valence-corrected chi connectivity index (χ1v) is 12.8. The van der Waals surface area contributed by atoms with Crippen LogP contribution in [0.5, 0.6) is 5.75 Å². The summed E-state index contributed by atoms with van der Waals surface area (Å²) >= 11 is 0. The van der Waals surface area contributed by atoms with E-state index >= 15 is 0 Å². The van der Waals surface area contributed by atoms with Crippen LogP contribution in [0.1, 0.15) is 32.1 Å². The van der Waals surface area contributed by atoms with E-state index < -0.39 is 28.1 Å². The smallest absolute Gasteiger partial charge is 0.316 e. The lowest BCUT2D eigenvalue weighted by Gasteiger charge is -2.36. The van der Waals surface area contributed by atoms with E-state index in [2.05, 4.69) is 5.10 Å². The number of sulfonamides is 1. The van der Waals surface area contributed by atoms with Crippen molar-refractivity contribution in [2.45, 2.75) is 38.2 Å². The summed E-state index contributed by atoms with van der Waals surface area (Å²) in [6.45, 7) is 0.477. The fraction of sp³-hybridized carbons (Fsp3) is 0.545. The molecule has 1 saturated carbocycles. The molecule has 0 atom stereocenters. The maximum atomic E-state index is 13.7. The normalized spacial score (nSPS) is 18.1. The molecule has 1 aromatic carbocycles. The molecule has 0 spiro atoms. The Morgan fingerprint density at radius 2 is 1.85 bits per heavy atom.